The fourth-order valence-corrected chi connectivity index (χ4v) is 2.57. The SMILES string of the molecule is CC(NC(=O)C(N)CC(N)=O)C(=O)NC(CCC(N)=O)C(=O)NC(CCCCN)C(=O)O. The van der Waals surface area contributed by atoms with Crippen molar-refractivity contribution in [1.29, 1.82) is 0 Å². The topological polar surface area (TPSA) is 263 Å². The van der Waals surface area contributed by atoms with Crippen LogP contribution in [0.2, 0.25) is 0 Å². The van der Waals surface area contributed by atoms with E-state index in [1.54, 1.807) is 0 Å². The minimum atomic E-state index is -1.29. The average molecular weight is 460 g/mol. The van der Waals surface area contributed by atoms with Crippen LogP contribution in [0.3, 0.4) is 0 Å². The van der Waals surface area contributed by atoms with Crippen LogP contribution in [0.5, 0.6) is 0 Å². The number of carbonyl (C=O) groups is 6. The van der Waals surface area contributed by atoms with Gasteiger partial charge in [-0.3, -0.25) is 24.0 Å². The summed E-state index contributed by atoms with van der Waals surface area (Å²) in [5.74, 6) is -5.23. The van der Waals surface area contributed by atoms with Gasteiger partial charge in [-0.2, -0.15) is 0 Å². The fourth-order valence-electron chi connectivity index (χ4n) is 2.57. The monoisotopic (exact) mass is 459 g/mol. The standard InChI is InChI=1S/C18H33N7O7/c1-9(23-16(29)10(20)8-14(22)27)15(28)24-11(5-6-13(21)26)17(30)25-12(18(31)32)4-2-3-7-19/h9-12H,2-8,19-20H2,1H3,(H2,21,26)(H2,22,27)(H,23,29)(H,24,28)(H,25,30)(H,31,32). The number of rotatable bonds is 16. The van der Waals surface area contributed by atoms with Crippen LogP contribution >= 0.6 is 0 Å². The van der Waals surface area contributed by atoms with Gasteiger partial charge in [0.05, 0.1) is 12.5 Å². The maximum atomic E-state index is 12.6. The van der Waals surface area contributed by atoms with E-state index in [0.717, 1.165) is 0 Å². The lowest BCUT2D eigenvalue weighted by molar-refractivity contribution is -0.142. The predicted molar refractivity (Wildman–Crippen MR) is 112 cm³/mol. The third kappa shape index (κ3) is 11.8. The molecule has 0 radical (unpaired) electrons. The van der Waals surface area contributed by atoms with E-state index >= 15 is 0 Å². The first-order valence-corrected chi connectivity index (χ1v) is 10.0. The molecular formula is C18H33N7O7. The molecular weight excluding hydrogens is 426 g/mol. The van der Waals surface area contributed by atoms with E-state index in [1.165, 1.54) is 6.92 Å². The van der Waals surface area contributed by atoms with Crippen LogP contribution < -0.4 is 38.9 Å². The molecule has 0 aliphatic heterocycles. The van der Waals surface area contributed by atoms with Gasteiger partial charge in [0.2, 0.25) is 29.5 Å². The summed E-state index contributed by atoms with van der Waals surface area (Å²) < 4.78 is 0. The summed E-state index contributed by atoms with van der Waals surface area (Å²) in [6.07, 6.45) is 0.276. The third-order valence-electron chi connectivity index (χ3n) is 4.38. The summed E-state index contributed by atoms with van der Waals surface area (Å²) in [5, 5.41) is 16.2. The Morgan fingerprint density at radius 3 is 1.91 bits per heavy atom. The molecule has 5 amide bonds. The molecule has 12 N–H and O–H groups in total. The van der Waals surface area contributed by atoms with Crippen LogP contribution in [0.4, 0.5) is 0 Å². The molecule has 0 bridgehead atoms. The highest BCUT2D eigenvalue weighted by Gasteiger charge is 2.29. The molecule has 182 valence electrons. The molecule has 4 atom stereocenters. The van der Waals surface area contributed by atoms with Gasteiger partial charge in [-0.05, 0) is 39.2 Å². The Labute approximate surface area is 185 Å². The molecule has 0 aromatic rings. The number of aliphatic carboxylic acids is 1. The smallest absolute Gasteiger partial charge is 0.326 e. The van der Waals surface area contributed by atoms with Crippen molar-refractivity contribution < 1.29 is 33.9 Å². The van der Waals surface area contributed by atoms with Crippen LogP contribution in [-0.2, 0) is 28.8 Å². The Bertz CT molecular complexity index is 701. The number of unbranched alkanes of at least 4 members (excludes halogenated alkanes) is 1. The van der Waals surface area contributed by atoms with Gasteiger partial charge in [0.25, 0.3) is 0 Å². The molecule has 14 heteroatoms. The predicted octanol–water partition coefficient (Wildman–Crippen LogP) is -3.86. The number of carboxylic acids is 1. The molecule has 0 aromatic heterocycles. The summed E-state index contributed by atoms with van der Waals surface area (Å²) in [5.41, 5.74) is 21.0. The van der Waals surface area contributed by atoms with Crippen molar-refractivity contribution in [3.05, 3.63) is 0 Å². The Morgan fingerprint density at radius 1 is 0.812 bits per heavy atom. The Hall–Kier alpha value is -3.26. The summed E-state index contributed by atoms with van der Waals surface area (Å²) in [6, 6.07) is -4.93. The highest BCUT2D eigenvalue weighted by atomic mass is 16.4. The first kappa shape index (κ1) is 28.7. The number of nitrogens with two attached hydrogens (primary N) is 4. The number of amides is 5. The van der Waals surface area contributed by atoms with Crippen LogP contribution in [-0.4, -0.2) is 71.3 Å². The van der Waals surface area contributed by atoms with Crippen molar-refractivity contribution >= 4 is 35.5 Å². The molecule has 0 aromatic carbocycles. The van der Waals surface area contributed by atoms with E-state index in [4.69, 9.17) is 22.9 Å². The Kier molecular flexibility index (Phi) is 13.2. The molecule has 0 fully saturated rings. The number of primary amides is 2. The molecule has 0 spiro atoms. The summed E-state index contributed by atoms with van der Waals surface area (Å²) in [6.45, 7) is 1.67. The first-order valence-electron chi connectivity index (χ1n) is 10.0. The number of nitrogens with one attached hydrogen (secondary N) is 3. The second kappa shape index (κ2) is 14.7. The zero-order valence-corrected chi connectivity index (χ0v) is 18.0. The number of hydrogen-bond donors (Lipinski definition) is 8. The lowest BCUT2D eigenvalue weighted by Crippen LogP contribution is -2.56. The minimum absolute atomic E-state index is 0.124. The van der Waals surface area contributed by atoms with Crippen molar-refractivity contribution in [3.8, 4) is 0 Å². The second-order valence-electron chi connectivity index (χ2n) is 7.26. The van der Waals surface area contributed by atoms with Crippen molar-refractivity contribution in [3.63, 3.8) is 0 Å². The number of carboxylic acid groups (broad SMARTS) is 1. The van der Waals surface area contributed by atoms with Gasteiger partial charge in [-0.25, -0.2) is 4.79 Å². The van der Waals surface area contributed by atoms with E-state index < -0.39 is 66.1 Å². The van der Waals surface area contributed by atoms with Gasteiger partial charge in [0.1, 0.15) is 18.1 Å². The molecule has 0 aliphatic rings. The van der Waals surface area contributed by atoms with Gasteiger partial charge in [0, 0.05) is 6.42 Å². The minimum Gasteiger partial charge on any atom is -0.480 e. The van der Waals surface area contributed by atoms with Gasteiger partial charge in [0.15, 0.2) is 0 Å². The van der Waals surface area contributed by atoms with Crippen molar-refractivity contribution in [1.82, 2.24) is 16.0 Å². The van der Waals surface area contributed by atoms with Crippen LogP contribution in [0.15, 0.2) is 0 Å². The van der Waals surface area contributed by atoms with Gasteiger partial charge in [-0.1, -0.05) is 0 Å². The zero-order valence-electron chi connectivity index (χ0n) is 18.0. The van der Waals surface area contributed by atoms with Crippen molar-refractivity contribution in [2.45, 2.75) is 69.6 Å². The molecule has 14 nitrogen and oxygen atoms in total. The molecule has 32 heavy (non-hydrogen) atoms. The maximum Gasteiger partial charge on any atom is 0.326 e. The zero-order chi connectivity index (χ0) is 24.8. The highest BCUT2D eigenvalue weighted by molar-refractivity contribution is 5.95. The summed E-state index contributed by atoms with van der Waals surface area (Å²) in [4.78, 5) is 70.3. The van der Waals surface area contributed by atoms with Gasteiger partial charge >= 0.3 is 5.97 Å². The fraction of sp³-hybridized carbons (Fsp3) is 0.667. The highest BCUT2D eigenvalue weighted by Crippen LogP contribution is 2.04. The van der Waals surface area contributed by atoms with E-state index in [1.807, 2.05) is 0 Å². The molecule has 4 unspecified atom stereocenters. The van der Waals surface area contributed by atoms with E-state index in [9.17, 15) is 33.9 Å². The maximum absolute atomic E-state index is 12.6. The quantitative estimate of drug-likeness (QED) is 0.105. The molecule has 0 aliphatic carbocycles. The van der Waals surface area contributed by atoms with Crippen LogP contribution in [0, 0.1) is 0 Å². The third-order valence-corrected chi connectivity index (χ3v) is 4.38. The molecule has 0 saturated carbocycles. The molecule has 0 rings (SSSR count). The van der Waals surface area contributed by atoms with Crippen LogP contribution in [0.1, 0.15) is 45.4 Å². The first-order chi connectivity index (χ1) is 14.9. The lowest BCUT2D eigenvalue weighted by Gasteiger charge is -2.23. The second-order valence-corrected chi connectivity index (χ2v) is 7.26. The van der Waals surface area contributed by atoms with Crippen LogP contribution in [0.25, 0.3) is 0 Å². The summed E-state index contributed by atoms with van der Waals surface area (Å²) in [7, 11) is 0. The largest absolute Gasteiger partial charge is 0.480 e. The summed E-state index contributed by atoms with van der Waals surface area (Å²) >= 11 is 0. The van der Waals surface area contributed by atoms with Gasteiger partial charge in [-0.15, -0.1) is 0 Å². The Balaban J connectivity index is 5.15. The Morgan fingerprint density at radius 2 is 1.41 bits per heavy atom. The van der Waals surface area contributed by atoms with E-state index in [2.05, 4.69) is 16.0 Å². The van der Waals surface area contributed by atoms with Crippen molar-refractivity contribution in [2.24, 2.45) is 22.9 Å². The van der Waals surface area contributed by atoms with Gasteiger partial charge < -0.3 is 44.0 Å². The number of hydrogen-bond acceptors (Lipinski definition) is 8. The van der Waals surface area contributed by atoms with E-state index in [-0.39, 0.29) is 19.3 Å². The lowest BCUT2D eigenvalue weighted by atomic mass is 10.1. The van der Waals surface area contributed by atoms with Crippen molar-refractivity contribution in [2.75, 3.05) is 6.54 Å². The number of carbonyl (C=O) groups excluding carboxylic acids is 5. The molecule has 0 heterocycles. The normalized spacial score (nSPS) is 14.3. The average Bonchev–Trinajstić information content (AvgIpc) is 2.69. The molecule has 0 saturated heterocycles. The van der Waals surface area contributed by atoms with E-state index in [0.29, 0.717) is 19.4 Å².